The van der Waals surface area contributed by atoms with Crippen molar-refractivity contribution >= 4 is 22.8 Å². The zero-order chi connectivity index (χ0) is 21.8. The molecule has 7 heteroatoms. The molecule has 168 valence electrons. The average molecular weight is 438 g/mol. The number of benzene rings is 1. The number of fused-ring (bicyclic) bond motifs is 6. The molecule has 2 bridgehead atoms. The molecule has 2 amide bonds. The predicted molar refractivity (Wildman–Crippen MR) is 116 cm³/mol. The Bertz CT molecular complexity index is 1060. The lowest BCUT2D eigenvalue weighted by Gasteiger charge is -2.31. The molecule has 6 nitrogen and oxygen atoms in total. The third kappa shape index (κ3) is 3.20. The molecular formula is C25H28FN3O3. The molecule has 2 aliphatic heterocycles. The van der Waals surface area contributed by atoms with Crippen LogP contribution in [0.3, 0.4) is 0 Å². The van der Waals surface area contributed by atoms with Gasteiger partial charge in [0.25, 0.3) is 0 Å². The highest BCUT2D eigenvalue weighted by Gasteiger charge is 2.58. The highest BCUT2D eigenvalue weighted by atomic mass is 19.1. The van der Waals surface area contributed by atoms with Gasteiger partial charge in [0, 0.05) is 23.9 Å². The molecule has 4 aliphatic rings. The van der Waals surface area contributed by atoms with Crippen LogP contribution in [0.1, 0.15) is 43.7 Å². The number of hydrogen-bond donors (Lipinski definition) is 0. The van der Waals surface area contributed by atoms with Crippen LogP contribution in [-0.4, -0.2) is 52.9 Å². The number of piperidine rings is 1. The summed E-state index contributed by atoms with van der Waals surface area (Å²) in [7, 11) is 0. The highest BCUT2D eigenvalue weighted by Crippen LogP contribution is 2.52. The molecule has 0 radical (unpaired) electrons. The molecule has 1 aromatic carbocycles. The number of nitrogens with zero attached hydrogens (tertiary/aromatic N) is 3. The minimum atomic E-state index is -0.306. The normalized spacial score (nSPS) is 30.2. The zero-order valence-electron chi connectivity index (χ0n) is 18.1. The van der Waals surface area contributed by atoms with E-state index in [1.807, 2.05) is 0 Å². The Morgan fingerprint density at radius 3 is 2.41 bits per heavy atom. The van der Waals surface area contributed by atoms with Gasteiger partial charge in [-0.05, 0) is 75.7 Å². The second-order valence-corrected chi connectivity index (χ2v) is 9.86. The Balaban J connectivity index is 0.970. The van der Waals surface area contributed by atoms with E-state index in [1.165, 1.54) is 12.1 Å². The fourth-order valence-corrected chi connectivity index (χ4v) is 6.45. The van der Waals surface area contributed by atoms with E-state index in [1.54, 1.807) is 11.0 Å². The predicted octanol–water partition coefficient (Wildman–Crippen LogP) is 3.73. The number of imide groups is 1. The summed E-state index contributed by atoms with van der Waals surface area (Å²) in [5, 5.41) is 5.14. The van der Waals surface area contributed by atoms with Gasteiger partial charge in [-0.3, -0.25) is 14.5 Å². The average Bonchev–Trinajstić information content (AvgIpc) is 3.56. The van der Waals surface area contributed by atoms with Crippen LogP contribution in [-0.2, 0) is 9.59 Å². The van der Waals surface area contributed by atoms with Crippen molar-refractivity contribution in [3.63, 3.8) is 0 Å². The van der Waals surface area contributed by atoms with Gasteiger partial charge < -0.3 is 9.42 Å². The minimum absolute atomic E-state index is 0.0670. The van der Waals surface area contributed by atoms with E-state index in [9.17, 15) is 14.0 Å². The van der Waals surface area contributed by atoms with Crippen molar-refractivity contribution in [3.8, 4) is 0 Å². The maximum Gasteiger partial charge on any atom is 0.233 e. The van der Waals surface area contributed by atoms with Gasteiger partial charge in [-0.25, -0.2) is 4.39 Å². The van der Waals surface area contributed by atoms with Gasteiger partial charge >= 0.3 is 0 Å². The van der Waals surface area contributed by atoms with Gasteiger partial charge in [-0.2, -0.15) is 0 Å². The number of rotatable bonds is 6. The molecule has 2 aliphatic carbocycles. The van der Waals surface area contributed by atoms with Crippen molar-refractivity contribution in [2.75, 3.05) is 26.2 Å². The van der Waals surface area contributed by atoms with Crippen molar-refractivity contribution < 1.29 is 18.5 Å². The lowest BCUT2D eigenvalue weighted by atomic mass is 9.85. The second kappa shape index (κ2) is 7.80. The van der Waals surface area contributed by atoms with E-state index >= 15 is 0 Å². The van der Waals surface area contributed by atoms with Crippen molar-refractivity contribution in [3.05, 3.63) is 41.9 Å². The zero-order valence-corrected chi connectivity index (χ0v) is 18.1. The van der Waals surface area contributed by atoms with Crippen molar-refractivity contribution in [1.29, 1.82) is 0 Å². The molecule has 0 spiro atoms. The molecule has 6 rings (SSSR count). The molecule has 1 aromatic heterocycles. The van der Waals surface area contributed by atoms with E-state index < -0.39 is 0 Å². The van der Waals surface area contributed by atoms with Crippen molar-refractivity contribution in [1.82, 2.24) is 15.0 Å². The van der Waals surface area contributed by atoms with Gasteiger partial charge in [0.2, 0.25) is 11.8 Å². The first-order valence-corrected chi connectivity index (χ1v) is 11.9. The van der Waals surface area contributed by atoms with Crippen LogP contribution in [0.25, 0.3) is 11.0 Å². The largest absolute Gasteiger partial charge is 0.356 e. The van der Waals surface area contributed by atoms with Crippen LogP contribution in [0.5, 0.6) is 0 Å². The second-order valence-electron chi connectivity index (χ2n) is 9.86. The maximum absolute atomic E-state index is 13.4. The van der Waals surface area contributed by atoms with E-state index in [-0.39, 0.29) is 41.3 Å². The molecule has 4 atom stereocenters. The summed E-state index contributed by atoms with van der Waals surface area (Å²) in [5.41, 5.74) is 1.46. The summed E-state index contributed by atoms with van der Waals surface area (Å²) >= 11 is 0. The summed E-state index contributed by atoms with van der Waals surface area (Å²) in [5.74, 6) is 0.569. The van der Waals surface area contributed by atoms with Gasteiger partial charge in [0.15, 0.2) is 5.58 Å². The lowest BCUT2D eigenvalue weighted by Crippen LogP contribution is -2.36. The summed E-state index contributed by atoms with van der Waals surface area (Å²) in [4.78, 5) is 29.5. The van der Waals surface area contributed by atoms with Crippen LogP contribution < -0.4 is 0 Å². The maximum atomic E-state index is 13.4. The summed E-state index contributed by atoms with van der Waals surface area (Å²) in [6.07, 6.45) is 9.11. The Morgan fingerprint density at radius 1 is 1.00 bits per heavy atom. The van der Waals surface area contributed by atoms with Gasteiger partial charge in [0.05, 0.1) is 17.5 Å². The van der Waals surface area contributed by atoms with Crippen LogP contribution in [0.2, 0.25) is 0 Å². The number of aromatic nitrogens is 1. The lowest BCUT2D eigenvalue weighted by molar-refractivity contribution is -0.140. The smallest absolute Gasteiger partial charge is 0.233 e. The molecule has 0 N–H and O–H groups in total. The Morgan fingerprint density at radius 2 is 1.69 bits per heavy atom. The number of amides is 2. The first-order chi connectivity index (χ1) is 15.6. The van der Waals surface area contributed by atoms with Crippen LogP contribution >= 0.6 is 0 Å². The number of allylic oxidation sites excluding steroid dienone is 2. The van der Waals surface area contributed by atoms with Crippen LogP contribution in [0.15, 0.2) is 34.9 Å². The number of carbonyl (C=O) groups excluding carboxylic acids is 2. The quantitative estimate of drug-likeness (QED) is 0.391. The van der Waals surface area contributed by atoms with E-state index in [0.717, 1.165) is 62.8 Å². The molecule has 3 fully saturated rings. The number of likely N-dealkylation sites (tertiary alicyclic amines) is 2. The van der Waals surface area contributed by atoms with Gasteiger partial charge in [0.1, 0.15) is 5.82 Å². The Labute approximate surface area is 186 Å². The number of halogens is 1. The molecule has 2 aromatic rings. The number of carbonyl (C=O) groups is 2. The summed E-state index contributed by atoms with van der Waals surface area (Å²) in [6, 6.07) is 4.62. The monoisotopic (exact) mass is 437 g/mol. The SMILES string of the molecule is O=C1C2C3C=CC(C3)C2C(=O)N1CCCCN1CCC(c2noc3cc(F)ccc23)CC1. The van der Waals surface area contributed by atoms with Gasteiger partial charge in [-0.1, -0.05) is 17.3 Å². The third-order valence-electron chi connectivity index (χ3n) is 8.10. The molecule has 32 heavy (non-hydrogen) atoms. The molecule has 4 unspecified atom stereocenters. The molecule has 2 saturated heterocycles. The highest BCUT2D eigenvalue weighted by molar-refractivity contribution is 6.06. The van der Waals surface area contributed by atoms with E-state index in [0.29, 0.717) is 18.0 Å². The van der Waals surface area contributed by atoms with Crippen molar-refractivity contribution in [2.24, 2.45) is 23.7 Å². The first kappa shape index (κ1) is 20.1. The van der Waals surface area contributed by atoms with Crippen LogP contribution in [0.4, 0.5) is 4.39 Å². The number of hydrogen-bond acceptors (Lipinski definition) is 5. The summed E-state index contributed by atoms with van der Waals surface area (Å²) in [6.45, 7) is 3.51. The minimum Gasteiger partial charge on any atom is -0.356 e. The molecular weight excluding hydrogens is 409 g/mol. The third-order valence-corrected chi connectivity index (χ3v) is 8.10. The molecule has 3 heterocycles. The Hall–Kier alpha value is -2.54. The molecule has 1 saturated carbocycles. The van der Waals surface area contributed by atoms with E-state index in [2.05, 4.69) is 22.2 Å². The fourth-order valence-electron chi connectivity index (χ4n) is 6.45. The van der Waals surface area contributed by atoms with E-state index in [4.69, 9.17) is 4.52 Å². The van der Waals surface area contributed by atoms with Gasteiger partial charge in [-0.15, -0.1) is 0 Å². The fraction of sp³-hybridized carbons (Fsp3) is 0.560. The first-order valence-electron chi connectivity index (χ1n) is 11.9. The Kier molecular flexibility index (Phi) is 4.90. The summed E-state index contributed by atoms with van der Waals surface area (Å²) < 4.78 is 18.7. The standard InChI is InChI=1S/C25H28FN3O3/c26-18-5-6-19-20(14-18)32-27-23(19)15-7-11-28(12-8-15)9-1-2-10-29-24(30)21-16-3-4-17(13-16)22(21)25(29)31/h3-6,14-17,21-22H,1-2,7-13H2. The van der Waals surface area contributed by atoms with Crippen molar-refractivity contribution in [2.45, 2.75) is 38.0 Å². The number of unbranched alkanes of at least 4 members (excludes halogenated alkanes) is 1. The van der Waals surface area contributed by atoms with Crippen LogP contribution in [0, 0.1) is 29.5 Å². The topological polar surface area (TPSA) is 66.7 Å².